The Balaban J connectivity index is 2.48. The number of carbonyl (C=O) groups excluding carboxylic acids is 1. The molecule has 0 aliphatic carbocycles. The highest BCUT2D eigenvalue weighted by molar-refractivity contribution is 7.80. The quantitative estimate of drug-likeness (QED) is 0.0187. The standard InChI is InChI=1S/C44H81NO12S/c1-3-5-7-9-11-13-14-15-16-17-18-19-20-21-22-23-24-25-27-29-31-33-38(48)43(51)45-36(37(47)32-30-28-26-12-10-8-6-4-2)35-55-44-41(50)42(57-58(52,53)54)40(49)39(34-46)56-44/h10,12,20-21,30,32,36-42,44,46-50H,3-9,11,13-19,22-29,31,33-35H2,1-2H3,(H,45,51)(H,52,53,54)/b12-10+,21-20-,32-30+. The largest absolute Gasteiger partial charge is 0.397 e. The predicted molar refractivity (Wildman–Crippen MR) is 228 cm³/mol. The number of ether oxygens (including phenoxy) is 2. The first-order valence-electron chi connectivity index (χ1n) is 22.5. The highest BCUT2D eigenvalue weighted by atomic mass is 32.3. The van der Waals surface area contributed by atoms with Crippen LogP contribution in [0.2, 0.25) is 0 Å². The third-order valence-electron chi connectivity index (χ3n) is 10.5. The van der Waals surface area contributed by atoms with E-state index in [0.717, 1.165) is 70.6 Å². The van der Waals surface area contributed by atoms with Crippen LogP contribution < -0.4 is 5.32 Å². The van der Waals surface area contributed by atoms with Crippen LogP contribution in [0.5, 0.6) is 0 Å². The predicted octanol–water partition coefficient (Wildman–Crippen LogP) is 7.30. The zero-order chi connectivity index (χ0) is 42.9. The molecule has 7 N–H and O–H groups in total. The first-order valence-corrected chi connectivity index (χ1v) is 23.8. The fraction of sp³-hybridized carbons (Fsp3) is 0.841. The fourth-order valence-corrected chi connectivity index (χ4v) is 7.38. The zero-order valence-electron chi connectivity index (χ0n) is 35.7. The van der Waals surface area contributed by atoms with Crippen LogP contribution in [0.4, 0.5) is 0 Å². The lowest BCUT2D eigenvalue weighted by atomic mass is 9.99. The second kappa shape index (κ2) is 34.9. The van der Waals surface area contributed by atoms with Gasteiger partial charge in [0.25, 0.3) is 0 Å². The van der Waals surface area contributed by atoms with Crippen LogP contribution in [0.3, 0.4) is 0 Å². The molecule has 1 aliphatic rings. The average molecular weight is 848 g/mol. The van der Waals surface area contributed by atoms with Gasteiger partial charge >= 0.3 is 10.4 Å². The maximum Gasteiger partial charge on any atom is 0.397 e. The molecule has 1 fully saturated rings. The van der Waals surface area contributed by atoms with E-state index in [4.69, 9.17) is 14.0 Å². The first kappa shape index (κ1) is 54.3. The molecule has 8 atom stereocenters. The van der Waals surface area contributed by atoms with Gasteiger partial charge in [0.15, 0.2) is 6.29 Å². The summed E-state index contributed by atoms with van der Waals surface area (Å²) < 4.78 is 47.3. The second-order valence-corrected chi connectivity index (χ2v) is 16.8. The van der Waals surface area contributed by atoms with Gasteiger partial charge in [0.2, 0.25) is 5.91 Å². The fourth-order valence-electron chi connectivity index (χ4n) is 6.87. The molecule has 0 aromatic carbocycles. The third-order valence-corrected chi connectivity index (χ3v) is 11.0. The molecule has 13 nitrogen and oxygen atoms in total. The van der Waals surface area contributed by atoms with Gasteiger partial charge in [-0.3, -0.25) is 9.35 Å². The molecule has 0 saturated carbocycles. The van der Waals surface area contributed by atoms with Gasteiger partial charge in [-0.1, -0.05) is 159 Å². The molecule has 0 spiro atoms. The van der Waals surface area contributed by atoms with Crippen LogP contribution >= 0.6 is 0 Å². The van der Waals surface area contributed by atoms with E-state index in [2.05, 4.69) is 47.7 Å². The van der Waals surface area contributed by atoms with Gasteiger partial charge in [-0.2, -0.15) is 8.42 Å². The summed E-state index contributed by atoms with van der Waals surface area (Å²) in [5, 5.41) is 54.9. The monoisotopic (exact) mass is 848 g/mol. The summed E-state index contributed by atoms with van der Waals surface area (Å²) in [6.45, 7) is 3.10. The molecule has 0 aromatic rings. The zero-order valence-corrected chi connectivity index (χ0v) is 36.5. The normalized spacial score (nSPS) is 22.0. The molecule has 1 heterocycles. The average Bonchev–Trinajstić information content (AvgIpc) is 3.19. The molecule has 14 heteroatoms. The van der Waals surface area contributed by atoms with E-state index < -0.39 is 78.5 Å². The molecule has 1 saturated heterocycles. The number of nitrogens with one attached hydrogen (secondary N) is 1. The minimum absolute atomic E-state index is 0.229. The van der Waals surface area contributed by atoms with E-state index in [1.807, 2.05) is 0 Å². The Morgan fingerprint density at radius 1 is 0.690 bits per heavy atom. The molecule has 0 radical (unpaired) electrons. The van der Waals surface area contributed by atoms with Gasteiger partial charge in [0.1, 0.15) is 30.5 Å². The number of aliphatic hydroxyl groups excluding tert-OH is 5. The van der Waals surface area contributed by atoms with Crippen molar-refractivity contribution in [3.8, 4) is 0 Å². The number of carbonyl (C=O) groups is 1. The SMILES string of the molecule is CCCC/C=C/CC/C=C/C(O)C(COC1OC(CO)C(O)C(OS(=O)(=O)O)C1O)NC(=O)C(O)CCCCCCCC/C=C\CCCCCCCCCCCCC. The first-order chi connectivity index (χ1) is 27.9. The van der Waals surface area contributed by atoms with E-state index in [1.54, 1.807) is 6.08 Å². The number of hydrogen-bond donors (Lipinski definition) is 7. The van der Waals surface area contributed by atoms with E-state index in [1.165, 1.54) is 76.7 Å². The van der Waals surface area contributed by atoms with E-state index in [9.17, 15) is 38.7 Å². The van der Waals surface area contributed by atoms with E-state index in [-0.39, 0.29) is 6.42 Å². The Morgan fingerprint density at radius 3 is 1.71 bits per heavy atom. The van der Waals surface area contributed by atoms with Crippen molar-refractivity contribution in [3.05, 3.63) is 36.5 Å². The minimum atomic E-state index is -5.12. The Labute approximate surface area is 350 Å². The van der Waals surface area contributed by atoms with Crippen molar-refractivity contribution >= 4 is 16.3 Å². The van der Waals surface area contributed by atoms with Crippen molar-refractivity contribution in [3.63, 3.8) is 0 Å². The van der Waals surface area contributed by atoms with Gasteiger partial charge < -0.3 is 40.3 Å². The van der Waals surface area contributed by atoms with Crippen LogP contribution in [0, 0.1) is 0 Å². The van der Waals surface area contributed by atoms with Gasteiger partial charge in [-0.25, -0.2) is 4.18 Å². The van der Waals surface area contributed by atoms with Crippen molar-refractivity contribution in [1.29, 1.82) is 0 Å². The Bertz CT molecular complexity index is 1200. The molecule has 340 valence electrons. The van der Waals surface area contributed by atoms with Crippen molar-refractivity contribution in [2.45, 2.75) is 223 Å². The molecule has 1 rings (SSSR count). The number of aliphatic hydroxyl groups is 5. The van der Waals surface area contributed by atoms with Crippen molar-refractivity contribution in [2.24, 2.45) is 0 Å². The highest BCUT2D eigenvalue weighted by Gasteiger charge is 2.48. The van der Waals surface area contributed by atoms with Gasteiger partial charge in [0, 0.05) is 0 Å². The summed E-state index contributed by atoms with van der Waals surface area (Å²) in [6.07, 6.45) is 28.4. The molecular formula is C44H81NO12S. The van der Waals surface area contributed by atoms with E-state index >= 15 is 0 Å². The van der Waals surface area contributed by atoms with Gasteiger partial charge in [-0.05, 0) is 51.4 Å². The molecule has 58 heavy (non-hydrogen) atoms. The second-order valence-electron chi connectivity index (χ2n) is 15.8. The maximum atomic E-state index is 13.0. The number of hydrogen-bond acceptors (Lipinski definition) is 11. The van der Waals surface area contributed by atoms with Crippen LogP contribution in [0.1, 0.15) is 174 Å². The lowest BCUT2D eigenvalue weighted by Crippen LogP contribution is -2.61. The highest BCUT2D eigenvalue weighted by Crippen LogP contribution is 2.26. The topological polar surface area (TPSA) is 212 Å². The molecule has 0 aromatic heterocycles. The minimum Gasteiger partial charge on any atom is -0.394 e. The number of unbranched alkanes of at least 4 members (excludes halogenated alkanes) is 20. The van der Waals surface area contributed by atoms with Crippen molar-refractivity contribution in [1.82, 2.24) is 5.32 Å². The van der Waals surface area contributed by atoms with E-state index in [0.29, 0.717) is 12.8 Å². The summed E-state index contributed by atoms with van der Waals surface area (Å²) in [5.74, 6) is -0.721. The van der Waals surface area contributed by atoms with Crippen molar-refractivity contribution < 1.29 is 57.0 Å². The Kier molecular flexibility index (Phi) is 32.7. The van der Waals surface area contributed by atoms with Crippen molar-refractivity contribution in [2.75, 3.05) is 13.2 Å². The summed E-state index contributed by atoms with van der Waals surface area (Å²) in [6, 6.07) is -1.14. The van der Waals surface area contributed by atoms with Gasteiger partial charge in [-0.15, -0.1) is 0 Å². The molecule has 1 aliphatic heterocycles. The molecule has 8 unspecified atom stereocenters. The van der Waals surface area contributed by atoms with Crippen LogP contribution in [0.15, 0.2) is 36.5 Å². The number of rotatable bonds is 37. The van der Waals surface area contributed by atoms with Crippen LogP contribution in [-0.4, -0.2) is 107 Å². The molecular weight excluding hydrogens is 767 g/mol. The van der Waals surface area contributed by atoms with Gasteiger partial charge in [0.05, 0.1) is 25.4 Å². The molecule has 0 bridgehead atoms. The smallest absolute Gasteiger partial charge is 0.394 e. The van der Waals surface area contributed by atoms with Crippen LogP contribution in [0.25, 0.3) is 0 Å². The maximum absolute atomic E-state index is 13.0. The van der Waals surface area contributed by atoms with Crippen LogP contribution in [-0.2, 0) is 28.9 Å². The number of allylic oxidation sites excluding steroid dienone is 5. The molecule has 1 amide bonds. The lowest BCUT2D eigenvalue weighted by Gasteiger charge is -2.41. The summed E-state index contributed by atoms with van der Waals surface area (Å²) >= 11 is 0. The summed E-state index contributed by atoms with van der Waals surface area (Å²) in [7, 11) is -5.12. The Morgan fingerprint density at radius 2 is 1.17 bits per heavy atom. The lowest BCUT2D eigenvalue weighted by molar-refractivity contribution is -0.298. The summed E-state index contributed by atoms with van der Waals surface area (Å²) in [5.41, 5.74) is 0. The summed E-state index contributed by atoms with van der Waals surface area (Å²) in [4.78, 5) is 13.0. The third kappa shape index (κ3) is 27.2. The number of amides is 1. The Hall–Kier alpha value is -1.72.